The summed E-state index contributed by atoms with van der Waals surface area (Å²) in [6.07, 6.45) is 5.37. The van der Waals surface area contributed by atoms with E-state index in [0.717, 1.165) is 25.2 Å². The van der Waals surface area contributed by atoms with Crippen LogP contribution in [-0.2, 0) is 13.9 Å². The molecule has 16 heavy (non-hydrogen) atoms. The van der Waals surface area contributed by atoms with Gasteiger partial charge in [-0.2, -0.15) is 0 Å². The molecule has 1 aliphatic rings. The molecule has 0 radical (unpaired) electrons. The Bertz CT molecular complexity index is 227. The predicted octanol–water partition coefficient (Wildman–Crippen LogP) is 3.28. The summed E-state index contributed by atoms with van der Waals surface area (Å²) in [5.41, 5.74) is 0. The molecule has 0 bridgehead atoms. The molecule has 0 N–H and O–H groups in total. The molecule has 3 nitrogen and oxygen atoms in total. The summed E-state index contributed by atoms with van der Waals surface area (Å²) < 4.78 is 16.9. The Morgan fingerprint density at radius 3 is 2.69 bits per heavy atom. The van der Waals surface area contributed by atoms with Crippen LogP contribution in [0.1, 0.15) is 26.2 Å². The van der Waals surface area contributed by atoms with Crippen molar-refractivity contribution in [2.45, 2.75) is 52.1 Å². The molecule has 1 atom stereocenters. The second-order valence-corrected chi connectivity index (χ2v) is 9.59. The van der Waals surface area contributed by atoms with E-state index in [1.807, 2.05) is 13.0 Å². The molecule has 1 rings (SSSR count). The zero-order valence-electron chi connectivity index (χ0n) is 10.9. The van der Waals surface area contributed by atoms with Crippen LogP contribution in [-0.4, -0.2) is 27.8 Å². The van der Waals surface area contributed by atoms with Crippen molar-refractivity contribution in [2.75, 3.05) is 13.2 Å². The smallest absolute Gasteiger partial charge is 0.241 e. The molecular formula is C12H24O3Si. The lowest BCUT2D eigenvalue weighted by Gasteiger charge is -2.23. The van der Waals surface area contributed by atoms with E-state index in [1.165, 1.54) is 6.42 Å². The van der Waals surface area contributed by atoms with Crippen LogP contribution in [0.5, 0.6) is 0 Å². The third kappa shape index (κ3) is 6.30. The molecule has 0 aromatic rings. The summed E-state index contributed by atoms with van der Waals surface area (Å²) in [6, 6.07) is 0. The highest BCUT2D eigenvalue weighted by atomic mass is 28.4. The quantitative estimate of drug-likeness (QED) is 0.548. The highest BCUT2D eigenvalue weighted by Gasteiger charge is 2.16. The van der Waals surface area contributed by atoms with E-state index in [4.69, 9.17) is 13.9 Å². The molecule has 0 amide bonds. The maximum Gasteiger partial charge on any atom is 0.241 e. The Balaban J connectivity index is 2.19. The Labute approximate surface area is 99.9 Å². The first-order chi connectivity index (χ1) is 7.47. The van der Waals surface area contributed by atoms with Crippen molar-refractivity contribution >= 4 is 8.32 Å². The maximum atomic E-state index is 5.81. The Hall–Kier alpha value is -0.323. The highest BCUT2D eigenvalue weighted by Crippen LogP contribution is 2.14. The molecule has 1 heterocycles. The van der Waals surface area contributed by atoms with E-state index in [9.17, 15) is 0 Å². The number of allylic oxidation sites excluding steroid dienone is 1. The fraction of sp³-hybridized carbons (Fsp3) is 0.833. The van der Waals surface area contributed by atoms with E-state index in [1.54, 1.807) is 0 Å². The summed E-state index contributed by atoms with van der Waals surface area (Å²) in [4.78, 5) is 0. The summed E-state index contributed by atoms with van der Waals surface area (Å²) in [6.45, 7) is 9.93. The fourth-order valence-electron chi connectivity index (χ4n) is 1.64. The van der Waals surface area contributed by atoms with Gasteiger partial charge in [-0.25, -0.2) is 0 Å². The van der Waals surface area contributed by atoms with Crippen molar-refractivity contribution in [3.8, 4) is 0 Å². The van der Waals surface area contributed by atoms with E-state index < -0.39 is 8.32 Å². The number of ether oxygens (including phenoxy) is 2. The molecule has 94 valence electrons. The zero-order chi connectivity index (χ0) is 12.0. The van der Waals surface area contributed by atoms with Crippen LogP contribution in [0.25, 0.3) is 0 Å². The van der Waals surface area contributed by atoms with Crippen LogP contribution in [0.15, 0.2) is 11.8 Å². The lowest BCUT2D eigenvalue weighted by atomic mass is 10.2. The molecule has 1 saturated heterocycles. The van der Waals surface area contributed by atoms with Crippen molar-refractivity contribution in [2.24, 2.45) is 0 Å². The lowest BCUT2D eigenvalue weighted by molar-refractivity contribution is -0.155. The van der Waals surface area contributed by atoms with Crippen molar-refractivity contribution in [1.29, 1.82) is 0 Å². The first-order valence-electron chi connectivity index (χ1n) is 6.06. The molecule has 1 unspecified atom stereocenters. The molecule has 0 aromatic heterocycles. The van der Waals surface area contributed by atoms with Crippen LogP contribution >= 0.6 is 0 Å². The van der Waals surface area contributed by atoms with Gasteiger partial charge >= 0.3 is 0 Å². The van der Waals surface area contributed by atoms with Gasteiger partial charge < -0.3 is 13.9 Å². The van der Waals surface area contributed by atoms with Gasteiger partial charge in [-0.1, -0.05) is 0 Å². The van der Waals surface area contributed by atoms with Crippen LogP contribution in [0, 0.1) is 0 Å². The largest absolute Gasteiger partial charge is 0.548 e. The van der Waals surface area contributed by atoms with E-state index in [2.05, 4.69) is 19.6 Å². The monoisotopic (exact) mass is 244 g/mol. The molecule has 0 aliphatic carbocycles. The molecule has 1 aliphatic heterocycles. The molecular weight excluding hydrogens is 220 g/mol. The van der Waals surface area contributed by atoms with Crippen LogP contribution < -0.4 is 0 Å². The summed E-state index contributed by atoms with van der Waals surface area (Å²) in [5.74, 6) is 0.968. The minimum Gasteiger partial charge on any atom is -0.548 e. The molecule has 0 aromatic carbocycles. The van der Waals surface area contributed by atoms with E-state index in [0.29, 0.717) is 6.61 Å². The van der Waals surface area contributed by atoms with Crippen molar-refractivity contribution in [1.82, 2.24) is 0 Å². The standard InChI is InChI=1S/C12H24O3Si/c1-11(15-16(2,3)4)8-10-14-12-7-5-6-9-13-12/h8,12H,5-7,9-10H2,1-4H3/b11-8+. The predicted molar refractivity (Wildman–Crippen MR) is 67.7 cm³/mol. The van der Waals surface area contributed by atoms with Gasteiger partial charge in [0.1, 0.15) is 0 Å². The number of hydrogen-bond acceptors (Lipinski definition) is 3. The molecule has 0 spiro atoms. The average Bonchev–Trinajstić information content (AvgIpc) is 2.16. The first-order valence-corrected chi connectivity index (χ1v) is 9.47. The minimum atomic E-state index is -1.46. The first kappa shape index (κ1) is 13.7. The Morgan fingerprint density at radius 2 is 2.12 bits per heavy atom. The van der Waals surface area contributed by atoms with Crippen LogP contribution in [0.2, 0.25) is 19.6 Å². The van der Waals surface area contributed by atoms with Crippen molar-refractivity contribution in [3.63, 3.8) is 0 Å². The normalized spacial score (nSPS) is 23.2. The summed E-state index contributed by atoms with van der Waals surface area (Å²) in [7, 11) is -1.46. The molecule has 4 heteroatoms. The van der Waals surface area contributed by atoms with Gasteiger partial charge in [0.25, 0.3) is 0 Å². The molecule has 1 fully saturated rings. The van der Waals surface area contributed by atoms with Gasteiger partial charge in [-0.3, -0.25) is 0 Å². The van der Waals surface area contributed by atoms with Gasteiger partial charge in [0, 0.05) is 6.61 Å². The number of hydrogen-bond donors (Lipinski definition) is 0. The lowest BCUT2D eigenvalue weighted by Crippen LogP contribution is -2.25. The summed E-state index contributed by atoms with van der Waals surface area (Å²) in [5, 5.41) is 0. The second kappa shape index (κ2) is 6.42. The zero-order valence-corrected chi connectivity index (χ0v) is 11.9. The van der Waals surface area contributed by atoms with Crippen molar-refractivity contribution in [3.05, 3.63) is 11.8 Å². The third-order valence-electron chi connectivity index (χ3n) is 2.26. The minimum absolute atomic E-state index is 0.00955. The van der Waals surface area contributed by atoms with Crippen LogP contribution in [0.4, 0.5) is 0 Å². The highest BCUT2D eigenvalue weighted by molar-refractivity contribution is 6.70. The fourth-order valence-corrected chi connectivity index (χ4v) is 2.69. The Kier molecular flexibility index (Phi) is 5.51. The van der Waals surface area contributed by atoms with Gasteiger partial charge in [0.15, 0.2) is 6.29 Å². The SMILES string of the molecule is C/C(=C\COC1CCCCO1)O[Si](C)(C)C. The third-order valence-corrected chi connectivity index (χ3v) is 3.19. The topological polar surface area (TPSA) is 27.7 Å². The van der Waals surface area contributed by atoms with E-state index in [-0.39, 0.29) is 6.29 Å². The van der Waals surface area contributed by atoms with Gasteiger partial charge in [-0.05, 0) is 51.9 Å². The number of rotatable bonds is 5. The van der Waals surface area contributed by atoms with Gasteiger partial charge in [0.2, 0.25) is 8.32 Å². The van der Waals surface area contributed by atoms with Crippen molar-refractivity contribution < 1.29 is 13.9 Å². The average molecular weight is 244 g/mol. The maximum absolute atomic E-state index is 5.81. The Morgan fingerprint density at radius 1 is 1.38 bits per heavy atom. The van der Waals surface area contributed by atoms with Gasteiger partial charge in [0.05, 0.1) is 12.4 Å². The summed E-state index contributed by atoms with van der Waals surface area (Å²) >= 11 is 0. The van der Waals surface area contributed by atoms with E-state index >= 15 is 0 Å². The molecule has 0 saturated carbocycles. The second-order valence-electron chi connectivity index (χ2n) is 5.16. The van der Waals surface area contributed by atoms with Gasteiger partial charge in [-0.15, -0.1) is 0 Å². The van der Waals surface area contributed by atoms with Crippen LogP contribution in [0.3, 0.4) is 0 Å².